The molecule has 1 atom stereocenters. The predicted octanol–water partition coefficient (Wildman–Crippen LogP) is 4.62. The highest BCUT2D eigenvalue weighted by Gasteiger charge is 2.37. The molecule has 1 unspecified atom stereocenters. The van der Waals surface area contributed by atoms with Crippen LogP contribution in [0.4, 0.5) is 0 Å². The lowest BCUT2D eigenvalue weighted by molar-refractivity contribution is 0.331. The van der Waals surface area contributed by atoms with Crippen molar-refractivity contribution in [2.75, 3.05) is 0 Å². The van der Waals surface area contributed by atoms with E-state index in [9.17, 15) is 0 Å². The van der Waals surface area contributed by atoms with Gasteiger partial charge in [0.2, 0.25) is 0 Å². The first kappa shape index (κ1) is 14.6. The molecule has 0 heterocycles. The molecule has 1 aromatic carbocycles. The Morgan fingerprint density at radius 1 is 1.05 bits per heavy atom. The van der Waals surface area contributed by atoms with Crippen LogP contribution in [0, 0.1) is 0 Å². The van der Waals surface area contributed by atoms with Crippen molar-refractivity contribution in [3.8, 4) is 0 Å². The predicted molar refractivity (Wildman–Crippen MR) is 83.7 cm³/mol. The fourth-order valence-corrected chi connectivity index (χ4v) is 3.41. The van der Waals surface area contributed by atoms with E-state index in [1.807, 2.05) is 0 Å². The maximum Gasteiger partial charge on any atom is 0.0268 e. The Balaban J connectivity index is 2.70. The number of hydrogen-bond donors (Lipinski definition) is 1. The second-order valence-corrected chi connectivity index (χ2v) is 7.51. The molecule has 0 spiro atoms. The van der Waals surface area contributed by atoms with Crippen molar-refractivity contribution in [1.82, 2.24) is 0 Å². The molecular weight excluding hydrogens is 230 g/mol. The van der Waals surface area contributed by atoms with Gasteiger partial charge in [-0.15, -0.1) is 0 Å². The van der Waals surface area contributed by atoms with Crippen LogP contribution in [0.1, 0.15) is 82.7 Å². The smallest absolute Gasteiger partial charge is 0.0268 e. The number of hydrogen-bond acceptors (Lipinski definition) is 1. The molecule has 0 saturated carbocycles. The molecule has 2 N–H and O–H groups in total. The monoisotopic (exact) mass is 259 g/mol. The second-order valence-electron chi connectivity index (χ2n) is 7.51. The first-order valence-electron chi connectivity index (χ1n) is 7.62. The van der Waals surface area contributed by atoms with Crippen molar-refractivity contribution >= 4 is 0 Å². The van der Waals surface area contributed by atoms with Crippen molar-refractivity contribution in [3.63, 3.8) is 0 Å². The zero-order valence-electron chi connectivity index (χ0n) is 13.4. The normalized spacial score (nSPS) is 21.8. The molecule has 0 amide bonds. The number of nitrogens with two attached hydrogens (primary N) is 1. The van der Waals surface area contributed by atoms with Crippen LogP contribution in [0.3, 0.4) is 0 Å². The number of aryl methyl sites for hydroxylation is 1. The number of benzene rings is 1. The molecule has 0 saturated heterocycles. The first-order valence-corrected chi connectivity index (χ1v) is 7.62. The summed E-state index contributed by atoms with van der Waals surface area (Å²) in [7, 11) is 0. The highest BCUT2D eigenvalue weighted by molar-refractivity contribution is 5.48. The van der Waals surface area contributed by atoms with Crippen LogP contribution < -0.4 is 5.73 Å². The topological polar surface area (TPSA) is 26.0 Å². The van der Waals surface area contributed by atoms with Gasteiger partial charge in [-0.05, 0) is 59.3 Å². The standard InChI is InChI=1S/C18H29N/c1-7-13-10-15-16(11-14(13)12(2)19)18(5,6)9-8-17(15,3)4/h10-12H,7-9,19H2,1-6H3. The maximum atomic E-state index is 6.18. The summed E-state index contributed by atoms with van der Waals surface area (Å²) in [6, 6.07) is 4.97. The third-order valence-electron chi connectivity index (χ3n) is 4.98. The minimum atomic E-state index is 0.126. The van der Waals surface area contributed by atoms with Crippen LogP contribution in [-0.2, 0) is 17.3 Å². The average Bonchev–Trinajstić information content (AvgIpc) is 2.33. The summed E-state index contributed by atoms with van der Waals surface area (Å²) >= 11 is 0. The van der Waals surface area contributed by atoms with Crippen molar-refractivity contribution in [2.45, 2.75) is 77.7 Å². The van der Waals surface area contributed by atoms with Crippen molar-refractivity contribution in [2.24, 2.45) is 5.73 Å². The van der Waals surface area contributed by atoms with Gasteiger partial charge in [-0.25, -0.2) is 0 Å². The van der Waals surface area contributed by atoms with E-state index in [0.29, 0.717) is 5.41 Å². The molecular formula is C18H29N. The van der Waals surface area contributed by atoms with Crippen LogP contribution in [0.15, 0.2) is 12.1 Å². The van der Waals surface area contributed by atoms with Crippen LogP contribution in [-0.4, -0.2) is 0 Å². The van der Waals surface area contributed by atoms with Crippen molar-refractivity contribution in [3.05, 3.63) is 34.4 Å². The van der Waals surface area contributed by atoms with Gasteiger partial charge in [0, 0.05) is 6.04 Å². The molecule has 106 valence electrons. The Labute approximate surface area is 118 Å². The van der Waals surface area contributed by atoms with Crippen LogP contribution in [0.5, 0.6) is 0 Å². The fourth-order valence-electron chi connectivity index (χ4n) is 3.41. The number of fused-ring (bicyclic) bond motifs is 1. The van der Waals surface area contributed by atoms with Crippen LogP contribution >= 0.6 is 0 Å². The maximum absolute atomic E-state index is 6.18. The summed E-state index contributed by atoms with van der Waals surface area (Å²) in [5, 5.41) is 0. The first-order chi connectivity index (χ1) is 8.69. The van der Waals surface area contributed by atoms with Crippen LogP contribution in [0.25, 0.3) is 0 Å². The van der Waals surface area contributed by atoms with E-state index >= 15 is 0 Å². The zero-order valence-corrected chi connectivity index (χ0v) is 13.4. The van der Waals surface area contributed by atoms with Gasteiger partial charge in [-0.2, -0.15) is 0 Å². The minimum absolute atomic E-state index is 0.126. The summed E-state index contributed by atoms with van der Waals surface area (Å²) in [5.41, 5.74) is 12.6. The van der Waals surface area contributed by atoms with Gasteiger partial charge in [0.05, 0.1) is 0 Å². The summed E-state index contributed by atoms with van der Waals surface area (Å²) in [6.07, 6.45) is 3.60. The molecule has 1 nitrogen and oxygen atoms in total. The molecule has 1 aliphatic carbocycles. The van der Waals surface area contributed by atoms with E-state index in [0.717, 1.165) is 6.42 Å². The fraction of sp³-hybridized carbons (Fsp3) is 0.667. The van der Waals surface area contributed by atoms with E-state index in [1.165, 1.54) is 29.5 Å². The van der Waals surface area contributed by atoms with Crippen LogP contribution in [0.2, 0.25) is 0 Å². The number of rotatable bonds is 2. The molecule has 2 rings (SSSR count). The molecule has 19 heavy (non-hydrogen) atoms. The van der Waals surface area contributed by atoms with E-state index in [4.69, 9.17) is 5.73 Å². The van der Waals surface area contributed by atoms with E-state index in [-0.39, 0.29) is 11.5 Å². The summed E-state index contributed by atoms with van der Waals surface area (Å²) in [5.74, 6) is 0. The van der Waals surface area contributed by atoms with Crippen molar-refractivity contribution in [1.29, 1.82) is 0 Å². The molecule has 0 fully saturated rings. The lowest BCUT2D eigenvalue weighted by Crippen LogP contribution is -2.34. The second kappa shape index (κ2) is 4.63. The van der Waals surface area contributed by atoms with E-state index in [2.05, 4.69) is 53.7 Å². The lowest BCUT2D eigenvalue weighted by Gasteiger charge is -2.42. The highest BCUT2D eigenvalue weighted by atomic mass is 14.6. The summed E-state index contributed by atoms with van der Waals surface area (Å²) in [4.78, 5) is 0. The Morgan fingerprint density at radius 3 is 1.95 bits per heavy atom. The van der Waals surface area contributed by atoms with Gasteiger partial charge < -0.3 is 5.73 Å². The Morgan fingerprint density at radius 2 is 1.53 bits per heavy atom. The molecule has 1 aliphatic rings. The zero-order chi connectivity index (χ0) is 14.4. The molecule has 1 heteroatoms. The Hall–Kier alpha value is -0.820. The van der Waals surface area contributed by atoms with Gasteiger partial charge in [0.25, 0.3) is 0 Å². The van der Waals surface area contributed by atoms with E-state index in [1.54, 1.807) is 5.56 Å². The van der Waals surface area contributed by atoms with E-state index < -0.39 is 0 Å². The summed E-state index contributed by atoms with van der Waals surface area (Å²) in [6.45, 7) is 13.8. The lowest BCUT2D eigenvalue weighted by atomic mass is 9.62. The molecule has 0 aliphatic heterocycles. The van der Waals surface area contributed by atoms with Gasteiger partial charge in [0.1, 0.15) is 0 Å². The highest BCUT2D eigenvalue weighted by Crippen LogP contribution is 2.47. The van der Waals surface area contributed by atoms with Crippen molar-refractivity contribution < 1.29 is 0 Å². The molecule has 0 aromatic heterocycles. The van der Waals surface area contributed by atoms with Gasteiger partial charge >= 0.3 is 0 Å². The average molecular weight is 259 g/mol. The Bertz CT molecular complexity index is 481. The molecule has 0 bridgehead atoms. The van der Waals surface area contributed by atoms with Gasteiger partial charge in [-0.3, -0.25) is 0 Å². The van der Waals surface area contributed by atoms with Gasteiger partial charge in [-0.1, -0.05) is 46.8 Å². The largest absolute Gasteiger partial charge is 0.324 e. The molecule has 0 radical (unpaired) electrons. The third-order valence-corrected chi connectivity index (χ3v) is 4.98. The minimum Gasteiger partial charge on any atom is -0.324 e. The summed E-state index contributed by atoms with van der Waals surface area (Å²) < 4.78 is 0. The Kier molecular flexibility index (Phi) is 3.55. The van der Waals surface area contributed by atoms with Gasteiger partial charge in [0.15, 0.2) is 0 Å². The molecule has 1 aromatic rings. The third kappa shape index (κ3) is 2.45. The quantitative estimate of drug-likeness (QED) is 0.824. The SMILES string of the molecule is CCc1cc2c(cc1C(C)N)C(C)(C)CCC2(C)C.